The molecule has 19 heavy (non-hydrogen) atoms. The van der Waals surface area contributed by atoms with E-state index in [0.717, 1.165) is 10.9 Å². The number of benzene rings is 1. The Morgan fingerprint density at radius 2 is 2.11 bits per heavy atom. The van der Waals surface area contributed by atoms with Gasteiger partial charge in [-0.1, -0.05) is 18.2 Å². The molecule has 0 radical (unpaired) electrons. The highest BCUT2D eigenvalue weighted by Crippen LogP contribution is 2.18. The largest absolute Gasteiger partial charge is 0.469 e. The Morgan fingerprint density at radius 3 is 2.84 bits per heavy atom. The quantitative estimate of drug-likeness (QED) is 0.853. The molecule has 0 saturated heterocycles. The van der Waals surface area contributed by atoms with E-state index in [2.05, 4.69) is 15.3 Å². The van der Waals surface area contributed by atoms with E-state index < -0.39 is 5.41 Å². The fourth-order valence-corrected chi connectivity index (χ4v) is 1.71. The summed E-state index contributed by atoms with van der Waals surface area (Å²) in [6.45, 7) is 4.04. The molecular weight excluding hydrogens is 242 g/mol. The van der Waals surface area contributed by atoms with Crippen molar-refractivity contribution in [2.75, 3.05) is 19.0 Å². The van der Waals surface area contributed by atoms with Gasteiger partial charge in [-0.15, -0.1) is 0 Å². The van der Waals surface area contributed by atoms with Crippen molar-refractivity contribution >= 4 is 22.8 Å². The molecule has 2 rings (SSSR count). The van der Waals surface area contributed by atoms with Crippen LogP contribution in [-0.2, 0) is 9.53 Å². The highest BCUT2D eigenvalue weighted by Gasteiger charge is 2.28. The normalized spacial score (nSPS) is 11.3. The van der Waals surface area contributed by atoms with Crippen LogP contribution in [0.25, 0.3) is 10.9 Å². The first-order chi connectivity index (χ1) is 9.03. The highest BCUT2D eigenvalue weighted by molar-refractivity contribution is 5.79. The first-order valence-corrected chi connectivity index (χ1v) is 6.07. The lowest BCUT2D eigenvalue weighted by Crippen LogP contribution is -2.33. The number of ether oxygens (including phenoxy) is 1. The van der Waals surface area contributed by atoms with E-state index in [1.807, 2.05) is 38.1 Å². The molecule has 1 N–H and O–H groups in total. The summed E-state index contributed by atoms with van der Waals surface area (Å²) in [6.07, 6.45) is 1.76. The Morgan fingerprint density at radius 1 is 1.37 bits per heavy atom. The number of rotatable bonds is 4. The Kier molecular flexibility index (Phi) is 3.64. The topological polar surface area (TPSA) is 64.1 Å². The predicted molar refractivity (Wildman–Crippen MR) is 73.8 cm³/mol. The molecule has 1 heterocycles. The molecule has 1 aromatic heterocycles. The van der Waals surface area contributed by atoms with Crippen LogP contribution in [0.15, 0.2) is 30.5 Å². The number of nitrogens with one attached hydrogen (secondary N) is 1. The van der Waals surface area contributed by atoms with E-state index in [1.165, 1.54) is 7.11 Å². The summed E-state index contributed by atoms with van der Waals surface area (Å²) in [4.78, 5) is 20.2. The van der Waals surface area contributed by atoms with Crippen LogP contribution in [0.2, 0.25) is 0 Å². The second-order valence-electron chi connectivity index (χ2n) is 4.98. The summed E-state index contributed by atoms with van der Waals surface area (Å²) >= 11 is 0. The average molecular weight is 259 g/mol. The van der Waals surface area contributed by atoms with Gasteiger partial charge in [0.05, 0.1) is 18.0 Å². The van der Waals surface area contributed by atoms with Crippen LogP contribution in [0.4, 0.5) is 5.95 Å². The lowest BCUT2D eigenvalue weighted by molar-refractivity contribution is -0.149. The van der Waals surface area contributed by atoms with E-state index in [1.54, 1.807) is 6.20 Å². The molecule has 0 fully saturated rings. The summed E-state index contributed by atoms with van der Waals surface area (Å²) < 4.78 is 4.75. The van der Waals surface area contributed by atoms with Crippen molar-refractivity contribution in [3.63, 3.8) is 0 Å². The van der Waals surface area contributed by atoms with Crippen LogP contribution in [0, 0.1) is 5.41 Å². The highest BCUT2D eigenvalue weighted by atomic mass is 16.5. The molecule has 0 aliphatic heterocycles. The summed E-state index contributed by atoms with van der Waals surface area (Å²) in [7, 11) is 1.39. The van der Waals surface area contributed by atoms with Gasteiger partial charge in [0, 0.05) is 18.1 Å². The third-order valence-electron chi connectivity index (χ3n) is 2.92. The van der Waals surface area contributed by atoms with Gasteiger partial charge in [-0.2, -0.15) is 0 Å². The number of fused-ring (bicyclic) bond motifs is 1. The molecule has 0 bridgehead atoms. The second-order valence-corrected chi connectivity index (χ2v) is 4.98. The third-order valence-corrected chi connectivity index (χ3v) is 2.92. The molecule has 100 valence electrons. The van der Waals surface area contributed by atoms with Crippen molar-refractivity contribution in [1.29, 1.82) is 0 Å². The lowest BCUT2D eigenvalue weighted by Gasteiger charge is -2.21. The van der Waals surface area contributed by atoms with Crippen molar-refractivity contribution in [3.8, 4) is 0 Å². The molecule has 0 atom stereocenters. The van der Waals surface area contributed by atoms with Gasteiger partial charge in [-0.25, -0.2) is 9.97 Å². The molecule has 0 aliphatic carbocycles. The summed E-state index contributed by atoms with van der Waals surface area (Å²) in [6, 6.07) is 7.75. The Hall–Kier alpha value is -2.17. The van der Waals surface area contributed by atoms with Crippen molar-refractivity contribution in [1.82, 2.24) is 9.97 Å². The zero-order valence-electron chi connectivity index (χ0n) is 11.3. The maximum Gasteiger partial charge on any atom is 0.313 e. The Bertz CT molecular complexity index is 596. The molecule has 1 aromatic carbocycles. The van der Waals surface area contributed by atoms with Crippen LogP contribution in [0.1, 0.15) is 13.8 Å². The zero-order valence-corrected chi connectivity index (χ0v) is 11.3. The number of hydrogen-bond acceptors (Lipinski definition) is 5. The summed E-state index contributed by atoms with van der Waals surface area (Å²) in [5.74, 6) is 0.247. The number of para-hydroxylation sites is 1. The minimum Gasteiger partial charge on any atom is -0.469 e. The van der Waals surface area contributed by atoms with Gasteiger partial charge in [-0.3, -0.25) is 4.79 Å². The number of hydrogen-bond donors (Lipinski definition) is 1. The maximum absolute atomic E-state index is 11.6. The molecule has 2 aromatic rings. The molecule has 5 nitrogen and oxygen atoms in total. The number of nitrogens with zero attached hydrogens (tertiary/aromatic N) is 2. The maximum atomic E-state index is 11.6. The van der Waals surface area contributed by atoms with Gasteiger partial charge in [0.1, 0.15) is 0 Å². The Balaban J connectivity index is 2.12. The van der Waals surface area contributed by atoms with Gasteiger partial charge >= 0.3 is 5.97 Å². The number of aromatic nitrogens is 2. The minimum atomic E-state index is -0.621. The zero-order chi connectivity index (χ0) is 13.9. The number of carbonyl (C=O) groups excluding carboxylic acids is 1. The van der Waals surface area contributed by atoms with Crippen molar-refractivity contribution in [3.05, 3.63) is 30.5 Å². The van der Waals surface area contributed by atoms with Gasteiger partial charge < -0.3 is 10.1 Å². The number of esters is 1. The van der Waals surface area contributed by atoms with Crippen LogP contribution in [0.5, 0.6) is 0 Å². The molecular formula is C14H17N3O2. The van der Waals surface area contributed by atoms with Gasteiger partial charge in [0.25, 0.3) is 0 Å². The van der Waals surface area contributed by atoms with Crippen LogP contribution >= 0.6 is 0 Å². The molecule has 0 spiro atoms. The molecule has 0 saturated carbocycles. The SMILES string of the molecule is COC(=O)C(C)(C)CNc1ncc2ccccc2n1. The molecule has 0 aliphatic rings. The van der Waals surface area contributed by atoms with Gasteiger partial charge in [0.2, 0.25) is 5.95 Å². The standard InChI is InChI=1S/C14H17N3O2/c1-14(2,12(18)19-3)9-16-13-15-8-10-6-4-5-7-11(10)17-13/h4-8H,9H2,1-3H3,(H,15,16,17). The minimum absolute atomic E-state index is 0.263. The van der Waals surface area contributed by atoms with Gasteiger partial charge in [0.15, 0.2) is 0 Å². The third kappa shape index (κ3) is 2.99. The van der Waals surface area contributed by atoms with E-state index in [9.17, 15) is 4.79 Å². The number of methoxy groups -OCH3 is 1. The first kappa shape index (κ1) is 13.3. The average Bonchev–Trinajstić information content (AvgIpc) is 2.44. The summed E-state index contributed by atoms with van der Waals surface area (Å²) in [5.41, 5.74) is 0.250. The monoisotopic (exact) mass is 259 g/mol. The summed E-state index contributed by atoms with van der Waals surface area (Å²) in [5, 5.41) is 4.06. The first-order valence-electron chi connectivity index (χ1n) is 6.07. The second kappa shape index (κ2) is 5.22. The van der Waals surface area contributed by atoms with Crippen molar-refractivity contribution < 1.29 is 9.53 Å². The van der Waals surface area contributed by atoms with E-state index >= 15 is 0 Å². The number of anilines is 1. The molecule has 0 amide bonds. The van der Waals surface area contributed by atoms with E-state index in [0.29, 0.717) is 12.5 Å². The van der Waals surface area contributed by atoms with Gasteiger partial charge in [-0.05, 0) is 19.9 Å². The smallest absolute Gasteiger partial charge is 0.313 e. The van der Waals surface area contributed by atoms with Crippen molar-refractivity contribution in [2.24, 2.45) is 5.41 Å². The fraction of sp³-hybridized carbons (Fsp3) is 0.357. The van der Waals surface area contributed by atoms with Crippen LogP contribution < -0.4 is 5.32 Å². The van der Waals surface area contributed by atoms with Crippen LogP contribution in [0.3, 0.4) is 0 Å². The molecule has 0 unspecified atom stereocenters. The predicted octanol–water partition coefficient (Wildman–Crippen LogP) is 2.24. The van der Waals surface area contributed by atoms with E-state index in [-0.39, 0.29) is 5.97 Å². The fourth-order valence-electron chi connectivity index (χ4n) is 1.71. The van der Waals surface area contributed by atoms with E-state index in [4.69, 9.17) is 4.74 Å². The lowest BCUT2D eigenvalue weighted by atomic mass is 9.94. The van der Waals surface area contributed by atoms with Crippen LogP contribution in [-0.4, -0.2) is 29.6 Å². The van der Waals surface area contributed by atoms with Crippen molar-refractivity contribution in [2.45, 2.75) is 13.8 Å². The number of carbonyl (C=O) groups is 1. The molecule has 5 heteroatoms. The Labute approximate surface area is 112 Å².